The number of piperazine rings is 1. The molecular formula is C17H24N2O. The Morgan fingerprint density at radius 3 is 2.95 bits per heavy atom. The molecule has 2 fully saturated rings. The predicted molar refractivity (Wildman–Crippen MR) is 80.2 cm³/mol. The van der Waals surface area contributed by atoms with E-state index in [-0.39, 0.29) is 0 Å². The lowest BCUT2D eigenvalue weighted by Gasteiger charge is -2.46. The molecular weight excluding hydrogens is 248 g/mol. The minimum atomic E-state index is 0.350. The Labute approximate surface area is 121 Å². The van der Waals surface area contributed by atoms with Gasteiger partial charge in [0.15, 0.2) is 0 Å². The molecule has 1 unspecified atom stereocenters. The molecule has 3 heteroatoms. The van der Waals surface area contributed by atoms with Gasteiger partial charge in [0.1, 0.15) is 11.9 Å². The van der Waals surface area contributed by atoms with E-state index in [4.69, 9.17) is 4.74 Å². The fourth-order valence-corrected chi connectivity index (χ4v) is 4.30. The van der Waals surface area contributed by atoms with Crippen LogP contribution in [0.3, 0.4) is 0 Å². The Balaban J connectivity index is 1.46. The van der Waals surface area contributed by atoms with E-state index in [9.17, 15) is 0 Å². The van der Waals surface area contributed by atoms with Gasteiger partial charge in [-0.3, -0.25) is 4.90 Å². The van der Waals surface area contributed by atoms with Gasteiger partial charge in [-0.2, -0.15) is 0 Å². The fraction of sp³-hybridized carbons (Fsp3) is 0.647. The largest absolute Gasteiger partial charge is 0.488 e. The van der Waals surface area contributed by atoms with Crippen molar-refractivity contribution >= 4 is 0 Å². The number of nitrogens with zero attached hydrogens (tertiary/aromatic N) is 1. The fourth-order valence-electron chi connectivity index (χ4n) is 4.30. The quantitative estimate of drug-likeness (QED) is 0.893. The average Bonchev–Trinajstić information content (AvgIpc) is 3.08. The monoisotopic (exact) mass is 272 g/mol. The Morgan fingerprint density at radius 1 is 1.25 bits per heavy atom. The van der Waals surface area contributed by atoms with Crippen LogP contribution in [0.5, 0.6) is 5.75 Å². The first-order valence-electron chi connectivity index (χ1n) is 8.06. The molecule has 1 N–H and O–H groups in total. The second-order valence-electron chi connectivity index (χ2n) is 6.61. The molecule has 2 aliphatic heterocycles. The Morgan fingerprint density at radius 2 is 2.10 bits per heavy atom. The third-order valence-electron chi connectivity index (χ3n) is 5.36. The topological polar surface area (TPSA) is 24.5 Å². The van der Waals surface area contributed by atoms with Crippen LogP contribution in [0, 0.1) is 0 Å². The van der Waals surface area contributed by atoms with Crippen molar-refractivity contribution in [2.24, 2.45) is 0 Å². The summed E-state index contributed by atoms with van der Waals surface area (Å²) in [6.07, 6.45) is 6.94. The molecule has 1 atom stereocenters. The minimum Gasteiger partial charge on any atom is -0.488 e. The summed E-state index contributed by atoms with van der Waals surface area (Å²) in [6, 6.07) is 8.51. The van der Waals surface area contributed by atoms with Crippen LogP contribution in [-0.2, 0) is 6.42 Å². The highest BCUT2D eigenvalue weighted by Gasteiger charge is 2.42. The minimum absolute atomic E-state index is 0.350. The lowest BCUT2D eigenvalue weighted by Crippen LogP contribution is -2.61. The summed E-state index contributed by atoms with van der Waals surface area (Å²) >= 11 is 0. The zero-order valence-corrected chi connectivity index (χ0v) is 12.1. The summed E-state index contributed by atoms with van der Waals surface area (Å²) in [7, 11) is 0. The molecule has 1 saturated carbocycles. The third kappa shape index (κ3) is 2.13. The summed E-state index contributed by atoms with van der Waals surface area (Å²) in [6.45, 7) is 4.57. The van der Waals surface area contributed by atoms with Crippen molar-refractivity contribution in [3.63, 3.8) is 0 Å². The molecule has 1 aromatic rings. The number of ether oxygens (including phenoxy) is 1. The molecule has 0 aromatic heterocycles. The van der Waals surface area contributed by atoms with E-state index in [1.165, 1.54) is 44.3 Å². The van der Waals surface area contributed by atoms with Crippen molar-refractivity contribution in [2.45, 2.75) is 43.7 Å². The number of fused-ring (bicyclic) bond motifs is 1. The zero-order chi connectivity index (χ0) is 13.4. The van der Waals surface area contributed by atoms with E-state index in [1.54, 1.807) is 0 Å². The molecule has 108 valence electrons. The van der Waals surface area contributed by atoms with E-state index >= 15 is 0 Å². The molecule has 1 aliphatic carbocycles. The lowest BCUT2D eigenvalue weighted by atomic mass is 9.92. The molecule has 4 rings (SSSR count). The maximum absolute atomic E-state index is 6.15. The smallest absolute Gasteiger partial charge is 0.123 e. The van der Waals surface area contributed by atoms with E-state index in [0.29, 0.717) is 11.6 Å². The van der Waals surface area contributed by atoms with E-state index < -0.39 is 0 Å². The molecule has 1 aromatic carbocycles. The zero-order valence-electron chi connectivity index (χ0n) is 12.1. The molecule has 0 radical (unpaired) electrons. The van der Waals surface area contributed by atoms with Crippen LogP contribution in [-0.4, -0.2) is 42.7 Å². The predicted octanol–water partition coefficient (Wildman–Crippen LogP) is 2.21. The Kier molecular flexibility index (Phi) is 3.20. The van der Waals surface area contributed by atoms with Crippen LogP contribution < -0.4 is 10.1 Å². The Bertz CT molecular complexity index is 457. The van der Waals surface area contributed by atoms with Crippen LogP contribution in [0.25, 0.3) is 0 Å². The van der Waals surface area contributed by atoms with Crippen LogP contribution in [0.15, 0.2) is 24.3 Å². The van der Waals surface area contributed by atoms with Crippen LogP contribution in [0.4, 0.5) is 0 Å². The molecule has 2 heterocycles. The molecule has 0 amide bonds. The molecule has 20 heavy (non-hydrogen) atoms. The number of nitrogens with one attached hydrogen (secondary N) is 1. The van der Waals surface area contributed by atoms with Crippen molar-refractivity contribution in [1.29, 1.82) is 0 Å². The van der Waals surface area contributed by atoms with Gasteiger partial charge in [0.25, 0.3) is 0 Å². The Hall–Kier alpha value is -1.06. The van der Waals surface area contributed by atoms with Crippen molar-refractivity contribution in [1.82, 2.24) is 10.2 Å². The molecule has 0 bridgehead atoms. The summed E-state index contributed by atoms with van der Waals surface area (Å²) in [5, 5.41) is 3.61. The van der Waals surface area contributed by atoms with Gasteiger partial charge in [-0.05, 0) is 24.5 Å². The molecule has 1 spiro atoms. The van der Waals surface area contributed by atoms with Crippen molar-refractivity contribution in [3.05, 3.63) is 29.8 Å². The van der Waals surface area contributed by atoms with Crippen LogP contribution in [0.2, 0.25) is 0 Å². The number of benzene rings is 1. The second-order valence-corrected chi connectivity index (χ2v) is 6.61. The van der Waals surface area contributed by atoms with E-state index in [2.05, 4.69) is 34.5 Å². The van der Waals surface area contributed by atoms with Crippen LogP contribution in [0.1, 0.15) is 31.2 Å². The van der Waals surface area contributed by atoms with Gasteiger partial charge in [0, 0.05) is 38.1 Å². The van der Waals surface area contributed by atoms with Crippen LogP contribution >= 0.6 is 0 Å². The van der Waals surface area contributed by atoms with E-state index in [1.807, 2.05) is 0 Å². The van der Waals surface area contributed by atoms with Gasteiger partial charge in [-0.25, -0.2) is 0 Å². The first-order valence-corrected chi connectivity index (χ1v) is 8.06. The number of hydrogen-bond acceptors (Lipinski definition) is 3. The first kappa shape index (κ1) is 12.7. The van der Waals surface area contributed by atoms with Gasteiger partial charge in [-0.1, -0.05) is 31.0 Å². The lowest BCUT2D eigenvalue weighted by molar-refractivity contribution is 0.0317. The normalized spacial score (nSPS) is 28.5. The average molecular weight is 272 g/mol. The van der Waals surface area contributed by atoms with Gasteiger partial charge in [0.05, 0.1) is 0 Å². The highest BCUT2D eigenvalue weighted by atomic mass is 16.5. The van der Waals surface area contributed by atoms with Gasteiger partial charge < -0.3 is 10.1 Å². The summed E-state index contributed by atoms with van der Waals surface area (Å²) in [4.78, 5) is 2.73. The van der Waals surface area contributed by atoms with Gasteiger partial charge >= 0.3 is 0 Å². The van der Waals surface area contributed by atoms with E-state index in [0.717, 1.165) is 25.3 Å². The summed E-state index contributed by atoms with van der Waals surface area (Å²) < 4.78 is 6.15. The standard InChI is InChI=1S/C17H24N2O/c1-2-6-16-14(5-1)11-15(20-16)12-19-10-9-18-13-17(19)7-3-4-8-17/h1-2,5-6,15,18H,3-4,7-13H2. The maximum Gasteiger partial charge on any atom is 0.123 e. The number of hydrogen-bond donors (Lipinski definition) is 1. The van der Waals surface area contributed by atoms with Crippen molar-refractivity contribution in [3.8, 4) is 5.75 Å². The summed E-state index contributed by atoms with van der Waals surface area (Å²) in [5.74, 6) is 1.10. The van der Waals surface area contributed by atoms with Gasteiger partial charge in [-0.15, -0.1) is 0 Å². The summed E-state index contributed by atoms with van der Waals surface area (Å²) in [5.41, 5.74) is 1.81. The highest BCUT2D eigenvalue weighted by molar-refractivity contribution is 5.37. The maximum atomic E-state index is 6.15. The molecule has 1 saturated heterocycles. The molecule has 3 aliphatic rings. The number of para-hydroxylation sites is 1. The highest BCUT2D eigenvalue weighted by Crippen LogP contribution is 2.37. The number of rotatable bonds is 2. The van der Waals surface area contributed by atoms with Gasteiger partial charge in [0.2, 0.25) is 0 Å². The van der Waals surface area contributed by atoms with Crippen molar-refractivity contribution < 1.29 is 4.74 Å². The molecule has 3 nitrogen and oxygen atoms in total. The SMILES string of the molecule is c1ccc2c(c1)CC(CN1CCNCC13CCCC3)O2. The second kappa shape index (κ2) is 5.05. The van der Waals surface area contributed by atoms with Crippen molar-refractivity contribution in [2.75, 3.05) is 26.2 Å². The first-order chi connectivity index (χ1) is 9.86. The third-order valence-corrected chi connectivity index (χ3v) is 5.36.